The fraction of sp³-hybridized carbons (Fsp3) is 0.429. The Morgan fingerprint density at radius 1 is 1.15 bits per heavy atom. The van der Waals surface area contributed by atoms with Gasteiger partial charge in [0.15, 0.2) is 0 Å². The van der Waals surface area contributed by atoms with Crippen LogP contribution in [0, 0.1) is 0 Å². The molecular formula is C7H12N6. The Morgan fingerprint density at radius 3 is 2.08 bits per heavy atom. The third-order valence-corrected chi connectivity index (χ3v) is 1.98. The molecule has 0 atom stereocenters. The van der Waals surface area contributed by atoms with Crippen molar-refractivity contribution in [3.05, 3.63) is 11.9 Å². The Kier molecular flexibility index (Phi) is 1.99. The second-order valence-electron chi connectivity index (χ2n) is 3.06. The summed E-state index contributed by atoms with van der Waals surface area (Å²) < 4.78 is 0. The fourth-order valence-electron chi connectivity index (χ4n) is 1.14. The van der Waals surface area contributed by atoms with Gasteiger partial charge in [-0.2, -0.15) is 0 Å². The number of nitrogens with two attached hydrogens (primary N) is 2. The zero-order chi connectivity index (χ0) is 9.26. The van der Waals surface area contributed by atoms with E-state index >= 15 is 0 Å². The van der Waals surface area contributed by atoms with Gasteiger partial charge in [0, 0.05) is 12.0 Å². The normalized spacial score (nSPS) is 15.5. The zero-order valence-corrected chi connectivity index (χ0v) is 7.12. The minimum Gasteiger partial charge on any atom is -0.308 e. The van der Waals surface area contributed by atoms with Gasteiger partial charge in [0.25, 0.3) is 0 Å². The van der Waals surface area contributed by atoms with Crippen molar-refractivity contribution in [2.24, 2.45) is 11.7 Å². The molecule has 0 saturated heterocycles. The largest absolute Gasteiger partial charge is 0.308 e. The Balaban J connectivity index is 2.33. The summed E-state index contributed by atoms with van der Waals surface area (Å²) >= 11 is 0. The fourth-order valence-corrected chi connectivity index (χ4v) is 1.14. The van der Waals surface area contributed by atoms with E-state index in [1.165, 1.54) is 0 Å². The summed E-state index contributed by atoms with van der Waals surface area (Å²) in [6, 6.07) is 1.66. The van der Waals surface area contributed by atoms with Crippen LogP contribution in [0.4, 0.5) is 11.6 Å². The summed E-state index contributed by atoms with van der Waals surface area (Å²) in [7, 11) is 0. The number of aromatic nitrogens is 2. The van der Waals surface area contributed by atoms with E-state index in [9.17, 15) is 0 Å². The molecule has 1 aliphatic rings. The molecule has 13 heavy (non-hydrogen) atoms. The first-order valence-electron chi connectivity index (χ1n) is 4.15. The van der Waals surface area contributed by atoms with Crippen LogP contribution < -0.4 is 22.5 Å². The van der Waals surface area contributed by atoms with E-state index in [1.54, 1.807) is 6.07 Å². The van der Waals surface area contributed by atoms with Crippen molar-refractivity contribution in [3.63, 3.8) is 0 Å². The highest BCUT2D eigenvalue weighted by molar-refractivity contribution is 5.46. The van der Waals surface area contributed by atoms with Crippen molar-refractivity contribution in [2.45, 2.75) is 18.8 Å². The maximum atomic E-state index is 5.25. The molecule has 0 unspecified atom stereocenters. The van der Waals surface area contributed by atoms with Crippen LogP contribution in [0.25, 0.3) is 0 Å². The van der Waals surface area contributed by atoms with Crippen LogP contribution >= 0.6 is 0 Å². The molecule has 6 heteroatoms. The molecule has 70 valence electrons. The number of nitrogens with one attached hydrogen (secondary N) is 2. The molecule has 2 rings (SSSR count). The molecule has 1 aromatic heterocycles. The average Bonchev–Trinajstić information content (AvgIpc) is 3.00. The van der Waals surface area contributed by atoms with E-state index in [1.807, 2.05) is 0 Å². The van der Waals surface area contributed by atoms with Gasteiger partial charge in [-0.3, -0.25) is 0 Å². The lowest BCUT2D eigenvalue weighted by atomic mass is 10.4. The minimum absolute atomic E-state index is 0.486. The second kappa shape index (κ2) is 3.15. The number of rotatable bonds is 3. The van der Waals surface area contributed by atoms with Crippen LogP contribution in [0.3, 0.4) is 0 Å². The molecule has 6 N–H and O–H groups in total. The number of hydrogen-bond acceptors (Lipinski definition) is 6. The molecule has 0 spiro atoms. The SMILES string of the molecule is NNc1cc(NN)nc(C2CC2)n1. The zero-order valence-electron chi connectivity index (χ0n) is 7.12. The predicted molar refractivity (Wildman–Crippen MR) is 49.6 cm³/mol. The van der Waals surface area contributed by atoms with Gasteiger partial charge in [-0.05, 0) is 12.8 Å². The van der Waals surface area contributed by atoms with Gasteiger partial charge in [-0.1, -0.05) is 0 Å². The molecule has 0 aromatic carbocycles. The quantitative estimate of drug-likeness (QED) is 0.383. The molecular weight excluding hydrogens is 168 g/mol. The molecule has 1 aliphatic carbocycles. The predicted octanol–water partition coefficient (Wildman–Crippen LogP) is -0.0748. The lowest BCUT2D eigenvalue weighted by Crippen LogP contribution is -2.14. The number of nitrogens with zero attached hydrogens (tertiary/aromatic N) is 2. The van der Waals surface area contributed by atoms with Crippen molar-refractivity contribution < 1.29 is 0 Å². The van der Waals surface area contributed by atoms with Crippen molar-refractivity contribution in [1.82, 2.24) is 9.97 Å². The summed E-state index contributed by atoms with van der Waals surface area (Å²) in [5, 5.41) is 0. The van der Waals surface area contributed by atoms with Gasteiger partial charge in [-0.25, -0.2) is 21.7 Å². The highest BCUT2D eigenvalue weighted by atomic mass is 15.3. The molecule has 0 radical (unpaired) electrons. The lowest BCUT2D eigenvalue weighted by Gasteiger charge is -2.05. The van der Waals surface area contributed by atoms with Crippen LogP contribution in [-0.2, 0) is 0 Å². The van der Waals surface area contributed by atoms with Gasteiger partial charge in [-0.15, -0.1) is 0 Å². The maximum absolute atomic E-state index is 5.25. The Bertz CT molecular complexity index is 286. The number of hydrazine groups is 2. The molecule has 0 amide bonds. The molecule has 0 bridgehead atoms. The standard InChI is InChI=1S/C7H12N6/c8-12-5-3-6(13-9)11-7(10-5)4-1-2-4/h3-4H,1-2,8-9H2,(H2,10,11,12,13). The van der Waals surface area contributed by atoms with E-state index < -0.39 is 0 Å². The monoisotopic (exact) mass is 180 g/mol. The first-order valence-corrected chi connectivity index (χ1v) is 4.15. The van der Waals surface area contributed by atoms with Crippen molar-refractivity contribution >= 4 is 11.6 Å². The molecule has 6 nitrogen and oxygen atoms in total. The summed E-state index contributed by atoms with van der Waals surface area (Å²) in [6.07, 6.45) is 2.30. The molecule has 1 saturated carbocycles. The van der Waals surface area contributed by atoms with E-state index in [2.05, 4.69) is 20.8 Å². The average molecular weight is 180 g/mol. The van der Waals surface area contributed by atoms with Gasteiger partial charge in [0.1, 0.15) is 17.5 Å². The second-order valence-corrected chi connectivity index (χ2v) is 3.06. The van der Waals surface area contributed by atoms with Crippen LogP contribution in [0.2, 0.25) is 0 Å². The molecule has 1 aromatic rings. The van der Waals surface area contributed by atoms with E-state index in [-0.39, 0.29) is 0 Å². The van der Waals surface area contributed by atoms with Crippen LogP contribution in [0.1, 0.15) is 24.6 Å². The number of anilines is 2. The Labute approximate surface area is 75.7 Å². The topological polar surface area (TPSA) is 102 Å². The molecule has 1 fully saturated rings. The molecule has 1 heterocycles. The van der Waals surface area contributed by atoms with E-state index in [0.717, 1.165) is 18.7 Å². The summed E-state index contributed by atoms with van der Waals surface area (Å²) in [6.45, 7) is 0. The molecule has 0 aliphatic heterocycles. The summed E-state index contributed by atoms with van der Waals surface area (Å²) in [4.78, 5) is 8.44. The van der Waals surface area contributed by atoms with Gasteiger partial charge in [0.05, 0.1) is 0 Å². The number of nitrogen functional groups attached to an aromatic ring is 2. The third kappa shape index (κ3) is 1.68. The van der Waals surface area contributed by atoms with Crippen molar-refractivity contribution in [1.29, 1.82) is 0 Å². The number of hydrogen-bond donors (Lipinski definition) is 4. The van der Waals surface area contributed by atoms with E-state index in [0.29, 0.717) is 17.6 Å². The van der Waals surface area contributed by atoms with Crippen LogP contribution in [0.5, 0.6) is 0 Å². The Morgan fingerprint density at radius 2 is 1.69 bits per heavy atom. The lowest BCUT2D eigenvalue weighted by molar-refractivity contribution is 0.924. The van der Waals surface area contributed by atoms with Gasteiger partial charge >= 0.3 is 0 Å². The first kappa shape index (κ1) is 8.21. The minimum atomic E-state index is 0.486. The van der Waals surface area contributed by atoms with Crippen molar-refractivity contribution in [2.75, 3.05) is 10.9 Å². The smallest absolute Gasteiger partial charge is 0.145 e. The Hall–Kier alpha value is -1.40. The van der Waals surface area contributed by atoms with Gasteiger partial charge in [0.2, 0.25) is 0 Å². The third-order valence-electron chi connectivity index (χ3n) is 1.98. The maximum Gasteiger partial charge on any atom is 0.145 e. The van der Waals surface area contributed by atoms with Crippen LogP contribution in [0.15, 0.2) is 6.07 Å². The summed E-state index contributed by atoms with van der Waals surface area (Å²) in [5.74, 6) is 13.0. The van der Waals surface area contributed by atoms with Crippen LogP contribution in [-0.4, -0.2) is 9.97 Å². The van der Waals surface area contributed by atoms with E-state index in [4.69, 9.17) is 11.7 Å². The highest BCUT2D eigenvalue weighted by Crippen LogP contribution is 2.38. The summed E-state index contributed by atoms with van der Waals surface area (Å²) in [5.41, 5.74) is 4.96. The van der Waals surface area contributed by atoms with Gasteiger partial charge < -0.3 is 10.9 Å². The first-order chi connectivity index (χ1) is 6.33. The highest BCUT2D eigenvalue weighted by Gasteiger charge is 2.27. The van der Waals surface area contributed by atoms with Crippen molar-refractivity contribution in [3.8, 4) is 0 Å².